The van der Waals surface area contributed by atoms with Crippen LogP contribution in [0.1, 0.15) is 37.8 Å². The van der Waals surface area contributed by atoms with Crippen LogP contribution in [-0.2, 0) is 0 Å². The van der Waals surface area contributed by atoms with Gasteiger partial charge in [-0.05, 0) is 67.5 Å². The van der Waals surface area contributed by atoms with Gasteiger partial charge in [0.05, 0.1) is 11.6 Å². The highest BCUT2D eigenvalue weighted by Crippen LogP contribution is 2.37. The monoisotopic (exact) mass is 442 g/mol. The van der Waals surface area contributed by atoms with Crippen LogP contribution in [0, 0.1) is 5.82 Å². The van der Waals surface area contributed by atoms with E-state index in [0.717, 1.165) is 35.4 Å². The van der Waals surface area contributed by atoms with Crippen molar-refractivity contribution in [2.75, 3.05) is 6.54 Å². The summed E-state index contributed by atoms with van der Waals surface area (Å²) in [6.45, 7) is 4.84. The van der Waals surface area contributed by atoms with Gasteiger partial charge >= 0.3 is 0 Å². The number of nitrogens with zero attached hydrogens (tertiary/aromatic N) is 3. The van der Waals surface area contributed by atoms with Gasteiger partial charge in [-0.1, -0.05) is 35.8 Å². The SMILES string of the molecule is CCCN1C(=S)NC(c2ccc(F)cc2)C(c2nc(-c3ccc(Cl)cc3)no2)=C1C. The summed E-state index contributed by atoms with van der Waals surface area (Å²) < 4.78 is 19.2. The fourth-order valence-corrected chi connectivity index (χ4v) is 3.98. The average Bonchev–Trinajstić information content (AvgIpc) is 3.21. The Morgan fingerprint density at radius 1 is 1.17 bits per heavy atom. The third-order valence-electron chi connectivity index (χ3n) is 5.01. The molecule has 0 radical (unpaired) electrons. The smallest absolute Gasteiger partial charge is 0.258 e. The zero-order valence-electron chi connectivity index (χ0n) is 16.5. The van der Waals surface area contributed by atoms with Crippen LogP contribution in [0.4, 0.5) is 4.39 Å². The average molecular weight is 443 g/mol. The lowest BCUT2D eigenvalue weighted by Crippen LogP contribution is -2.46. The first kappa shape index (κ1) is 20.5. The van der Waals surface area contributed by atoms with Crippen molar-refractivity contribution in [3.63, 3.8) is 0 Å². The van der Waals surface area contributed by atoms with Gasteiger partial charge in [0, 0.05) is 22.8 Å². The number of hydrogen-bond acceptors (Lipinski definition) is 4. The quantitative estimate of drug-likeness (QED) is 0.519. The second kappa shape index (κ2) is 8.53. The second-order valence-electron chi connectivity index (χ2n) is 7.01. The first-order valence-corrected chi connectivity index (χ1v) is 10.4. The molecule has 0 aliphatic carbocycles. The van der Waals surface area contributed by atoms with Crippen LogP contribution in [0.5, 0.6) is 0 Å². The Bertz CT molecular complexity index is 1100. The normalized spacial score (nSPS) is 16.7. The molecule has 0 bridgehead atoms. The van der Waals surface area contributed by atoms with Crippen LogP contribution >= 0.6 is 23.8 Å². The predicted molar refractivity (Wildman–Crippen MR) is 119 cm³/mol. The van der Waals surface area contributed by atoms with Crippen LogP contribution in [0.2, 0.25) is 5.02 Å². The number of allylic oxidation sites excluding steroid dienone is 1. The topological polar surface area (TPSA) is 54.2 Å². The summed E-state index contributed by atoms with van der Waals surface area (Å²) in [4.78, 5) is 6.66. The van der Waals surface area contributed by atoms with Crippen LogP contribution in [0.25, 0.3) is 17.0 Å². The number of nitrogens with one attached hydrogen (secondary N) is 1. The van der Waals surface area contributed by atoms with Crippen molar-refractivity contribution < 1.29 is 8.91 Å². The predicted octanol–water partition coefficient (Wildman–Crippen LogP) is 5.60. The molecule has 3 aromatic rings. The van der Waals surface area contributed by atoms with Crippen LogP contribution < -0.4 is 5.32 Å². The van der Waals surface area contributed by atoms with Crippen molar-refractivity contribution in [1.29, 1.82) is 0 Å². The van der Waals surface area contributed by atoms with Crippen molar-refractivity contribution in [3.05, 3.63) is 76.5 Å². The summed E-state index contributed by atoms with van der Waals surface area (Å²) in [6, 6.07) is 13.2. The number of aromatic nitrogens is 2. The Labute approximate surface area is 184 Å². The minimum atomic E-state index is -0.329. The number of benzene rings is 2. The van der Waals surface area contributed by atoms with Gasteiger partial charge in [-0.25, -0.2) is 4.39 Å². The van der Waals surface area contributed by atoms with Crippen molar-refractivity contribution in [3.8, 4) is 11.4 Å². The molecule has 0 fully saturated rings. The highest BCUT2D eigenvalue weighted by molar-refractivity contribution is 7.80. The van der Waals surface area contributed by atoms with Crippen molar-refractivity contribution in [2.45, 2.75) is 26.3 Å². The molecule has 1 aromatic heterocycles. The van der Waals surface area contributed by atoms with Gasteiger partial charge in [-0.15, -0.1) is 0 Å². The summed E-state index contributed by atoms with van der Waals surface area (Å²) in [5.74, 6) is 0.563. The molecule has 1 unspecified atom stereocenters. The minimum absolute atomic E-state index is 0.296. The highest BCUT2D eigenvalue weighted by Gasteiger charge is 2.33. The van der Waals surface area contributed by atoms with Gasteiger partial charge in [0.1, 0.15) is 5.82 Å². The highest BCUT2D eigenvalue weighted by atomic mass is 35.5. The zero-order valence-corrected chi connectivity index (χ0v) is 18.1. The first-order chi connectivity index (χ1) is 14.5. The van der Waals surface area contributed by atoms with Crippen LogP contribution in [-0.4, -0.2) is 26.7 Å². The molecule has 0 amide bonds. The van der Waals surface area contributed by atoms with E-state index in [0.29, 0.717) is 21.9 Å². The molecule has 1 aliphatic heterocycles. The van der Waals surface area contributed by atoms with E-state index in [4.69, 9.17) is 28.3 Å². The lowest BCUT2D eigenvalue weighted by Gasteiger charge is -2.37. The van der Waals surface area contributed by atoms with E-state index in [1.807, 2.05) is 24.0 Å². The fraction of sp³-hybridized carbons (Fsp3) is 0.227. The Morgan fingerprint density at radius 3 is 2.53 bits per heavy atom. The Kier molecular flexibility index (Phi) is 5.83. The number of rotatable bonds is 5. The molecular formula is C22H20ClFN4OS. The molecule has 2 heterocycles. The van der Waals surface area contributed by atoms with E-state index in [2.05, 4.69) is 22.4 Å². The molecule has 154 valence electrons. The maximum atomic E-state index is 13.5. The summed E-state index contributed by atoms with van der Waals surface area (Å²) >= 11 is 11.6. The number of hydrogen-bond donors (Lipinski definition) is 1. The molecular weight excluding hydrogens is 423 g/mol. The molecule has 4 rings (SSSR count). The molecule has 5 nitrogen and oxygen atoms in total. The lowest BCUT2D eigenvalue weighted by atomic mass is 9.94. The van der Waals surface area contributed by atoms with Crippen LogP contribution in [0.15, 0.2) is 58.8 Å². The first-order valence-electron chi connectivity index (χ1n) is 9.62. The van der Waals surface area contributed by atoms with Crippen molar-refractivity contribution >= 4 is 34.5 Å². The number of halogens is 2. The summed E-state index contributed by atoms with van der Waals surface area (Å²) in [5, 5.41) is 8.76. The number of thiocarbonyl (C=S) groups is 1. The molecule has 2 aromatic carbocycles. The van der Waals surface area contributed by atoms with Crippen molar-refractivity contribution in [2.24, 2.45) is 0 Å². The van der Waals surface area contributed by atoms with E-state index in [1.54, 1.807) is 24.3 Å². The van der Waals surface area contributed by atoms with Gasteiger partial charge < -0.3 is 14.7 Å². The van der Waals surface area contributed by atoms with Gasteiger partial charge in [0.25, 0.3) is 5.89 Å². The maximum absolute atomic E-state index is 13.5. The molecule has 30 heavy (non-hydrogen) atoms. The summed E-state index contributed by atoms with van der Waals surface area (Å²) in [5.41, 5.74) is 3.41. The summed E-state index contributed by atoms with van der Waals surface area (Å²) in [6.07, 6.45) is 0.924. The minimum Gasteiger partial charge on any atom is -0.351 e. The largest absolute Gasteiger partial charge is 0.351 e. The van der Waals surface area contributed by atoms with Gasteiger partial charge in [-0.2, -0.15) is 4.98 Å². The molecule has 8 heteroatoms. The lowest BCUT2D eigenvalue weighted by molar-refractivity contribution is 0.396. The van der Waals surface area contributed by atoms with E-state index >= 15 is 0 Å². The molecule has 0 saturated heterocycles. The Balaban J connectivity index is 1.80. The van der Waals surface area contributed by atoms with Gasteiger partial charge in [0.2, 0.25) is 5.82 Å². The van der Waals surface area contributed by atoms with E-state index in [1.165, 1.54) is 12.1 Å². The van der Waals surface area contributed by atoms with Gasteiger partial charge in [-0.3, -0.25) is 0 Å². The van der Waals surface area contributed by atoms with E-state index in [-0.39, 0.29) is 11.9 Å². The van der Waals surface area contributed by atoms with Gasteiger partial charge in [0.15, 0.2) is 5.11 Å². The Morgan fingerprint density at radius 2 is 1.87 bits per heavy atom. The van der Waals surface area contributed by atoms with Crippen LogP contribution in [0.3, 0.4) is 0 Å². The zero-order chi connectivity index (χ0) is 21.3. The summed E-state index contributed by atoms with van der Waals surface area (Å²) in [7, 11) is 0. The third-order valence-corrected chi connectivity index (χ3v) is 5.60. The Hall–Kier alpha value is -2.77. The second-order valence-corrected chi connectivity index (χ2v) is 7.84. The maximum Gasteiger partial charge on any atom is 0.258 e. The fourth-order valence-electron chi connectivity index (χ4n) is 3.51. The molecule has 1 atom stereocenters. The van der Waals surface area contributed by atoms with Crippen molar-refractivity contribution in [1.82, 2.24) is 20.4 Å². The molecule has 0 saturated carbocycles. The molecule has 1 N–H and O–H groups in total. The van der Waals surface area contributed by atoms with E-state index < -0.39 is 0 Å². The van der Waals surface area contributed by atoms with E-state index in [9.17, 15) is 4.39 Å². The standard InChI is InChI=1S/C22H20ClFN4OS/c1-3-12-28-13(2)18(19(25-22(28)30)14-6-10-17(24)11-7-14)21-26-20(27-29-21)15-4-8-16(23)9-5-15/h4-11,19H,3,12H2,1-2H3,(H,25,30). The third kappa shape index (κ3) is 3.95. The molecule has 1 aliphatic rings. The molecule has 0 spiro atoms.